The third-order valence-corrected chi connectivity index (χ3v) is 4.38. The molecule has 0 radical (unpaired) electrons. The predicted molar refractivity (Wildman–Crippen MR) is 66.7 cm³/mol. The molecule has 1 rings (SSSR count). The molecule has 1 aliphatic rings. The number of nitrogens with one attached hydrogen (secondary N) is 1. The predicted octanol–water partition coefficient (Wildman–Crippen LogP) is -0.106. The van der Waals surface area contributed by atoms with Crippen molar-refractivity contribution in [3.8, 4) is 0 Å². The molecule has 1 heterocycles. The van der Waals surface area contributed by atoms with Crippen molar-refractivity contribution >= 4 is 22.7 Å². The van der Waals surface area contributed by atoms with E-state index < -0.39 is 22.0 Å². The molecule has 0 saturated carbocycles. The number of hydrogen-bond acceptors (Lipinski definition) is 4. The number of carboxylic acids is 1. The van der Waals surface area contributed by atoms with Crippen LogP contribution in [0.5, 0.6) is 0 Å². The van der Waals surface area contributed by atoms with Crippen LogP contribution in [0, 0.1) is 0 Å². The second kappa shape index (κ2) is 7.48. The number of carbonyl (C=O) groups is 2. The lowest BCUT2D eigenvalue weighted by Crippen LogP contribution is -2.41. The van der Waals surface area contributed by atoms with Crippen LogP contribution in [0.15, 0.2) is 0 Å². The van der Waals surface area contributed by atoms with Crippen LogP contribution in [0.25, 0.3) is 0 Å². The number of carbonyl (C=O) groups excluding carboxylic acids is 1. The van der Waals surface area contributed by atoms with Crippen molar-refractivity contribution in [3.05, 3.63) is 0 Å². The van der Waals surface area contributed by atoms with Crippen LogP contribution in [0.4, 0.5) is 0 Å². The van der Waals surface area contributed by atoms with Gasteiger partial charge in [0.05, 0.1) is 6.42 Å². The van der Waals surface area contributed by atoms with Gasteiger partial charge in [-0.1, -0.05) is 6.92 Å². The molecule has 1 aliphatic heterocycles. The van der Waals surface area contributed by atoms with E-state index in [-0.39, 0.29) is 24.1 Å². The lowest BCUT2D eigenvalue weighted by atomic mass is 10.1. The number of aliphatic carboxylic acids is 1. The molecule has 0 aromatic carbocycles. The Morgan fingerprint density at radius 2 is 2.06 bits per heavy atom. The number of amides is 1. The minimum absolute atomic E-state index is 0.0815. The van der Waals surface area contributed by atoms with Crippen molar-refractivity contribution in [1.29, 1.82) is 0 Å². The maximum atomic E-state index is 11.7. The van der Waals surface area contributed by atoms with Crippen molar-refractivity contribution in [2.45, 2.75) is 37.5 Å². The molecular weight excluding hydrogens is 258 g/mol. The van der Waals surface area contributed by atoms with Crippen molar-refractivity contribution in [1.82, 2.24) is 5.32 Å². The van der Waals surface area contributed by atoms with Crippen LogP contribution < -0.4 is 5.32 Å². The highest BCUT2D eigenvalue weighted by atomic mass is 32.2. The van der Waals surface area contributed by atoms with E-state index in [0.717, 1.165) is 12.8 Å². The Hall–Kier alpha value is -0.950. The molecule has 1 saturated heterocycles. The lowest BCUT2D eigenvalue weighted by molar-refractivity contribution is -0.137. The van der Waals surface area contributed by atoms with Gasteiger partial charge >= 0.3 is 5.97 Å². The molecule has 1 fully saturated rings. The molecule has 7 heteroatoms. The highest BCUT2D eigenvalue weighted by Gasteiger charge is 2.20. The molecule has 0 aromatic heterocycles. The summed E-state index contributed by atoms with van der Waals surface area (Å²) in [6.07, 6.45) is 1.35. The maximum absolute atomic E-state index is 11.7. The van der Waals surface area contributed by atoms with Gasteiger partial charge in [0.25, 0.3) is 0 Å². The van der Waals surface area contributed by atoms with Gasteiger partial charge in [-0.25, -0.2) is 0 Å². The molecule has 6 nitrogen and oxygen atoms in total. The molecular formula is C11H19NO5S. The Kier molecular flexibility index (Phi) is 6.28. The summed E-state index contributed by atoms with van der Waals surface area (Å²) >= 11 is 0. The van der Waals surface area contributed by atoms with Gasteiger partial charge in [-0.3, -0.25) is 13.8 Å². The Morgan fingerprint density at radius 1 is 1.44 bits per heavy atom. The van der Waals surface area contributed by atoms with Gasteiger partial charge in [-0.15, -0.1) is 0 Å². The monoisotopic (exact) mass is 277 g/mol. The van der Waals surface area contributed by atoms with Crippen LogP contribution in [-0.4, -0.2) is 51.5 Å². The van der Waals surface area contributed by atoms with E-state index in [1.54, 1.807) is 6.92 Å². The molecule has 0 aromatic rings. The maximum Gasteiger partial charge on any atom is 0.304 e. The summed E-state index contributed by atoms with van der Waals surface area (Å²) in [5, 5.41) is 10.9. The summed E-state index contributed by atoms with van der Waals surface area (Å²) in [7, 11) is -1.44. The third-order valence-electron chi connectivity index (χ3n) is 2.77. The molecule has 0 aliphatic carbocycles. The molecule has 104 valence electrons. The molecule has 2 N–H and O–H groups in total. The standard InChI is InChI=1S/C11H19NO5S/c1-8(6-11(14)15)18(16)7-10(13)12-9-2-4-17-5-3-9/h8-9H,2-7H2,1H3,(H,12,13)(H,14,15). The smallest absolute Gasteiger partial charge is 0.304 e. The summed E-state index contributed by atoms with van der Waals surface area (Å²) in [6, 6.07) is 0.0815. The molecule has 1 amide bonds. The van der Waals surface area contributed by atoms with E-state index in [4.69, 9.17) is 9.84 Å². The van der Waals surface area contributed by atoms with Crippen molar-refractivity contribution in [2.24, 2.45) is 0 Å². The van der Waals surface area contributed by atoms with Gasteiger partial charge in [0.2, 0.25) is 5.91 Å². The van der Waals surface area contributed by atoms with E-state index in [0.29, 0.717) is 13.2 Å². The van der Waals surface area contributed by atoms with E-state index in [1.165, 1.54) is 0 Å². The van der Waals surface area contributed by atoms with Gasteiger partial charge < -0.3 is 15.2 Å². The van der Waals surface area contributed by atoms with E-state index in [9.17, 15) is 13.8 Å². The first-order chi connectivity index (χ1) is 8.49. The van der Waals surface area contributed by atoms with Gasteiger partial charge in [0, 0.05) is 35.3 Å². The average Bonchev–Trinajstić information content (AvgIpc) is 2.29. The zero-order valence-corrected chi connectivity index (χ0v) is 11.2. The average molecular weight is 277 g/mol. The van der Waals surface area contributed by atoms with Crippen LogP contribution in [-0.2, 0) is 25.1 Å². The van der Waals surface area contributed by atoms with Gasteiger partial charge in [-0.05, 0) is 12.8 Å². The number of hydrogen-bond donors (Lipinski definition) is 2. The summed E-state index contributed by atoms with van der Waals surface area (Å²) in [5.74, 6) is -1.41. The van der Waals surface area contributed by atoms with Crippen molar-refractivity contribution in [3.63, 3.8) is 0 Å². The highest BCUT2D eigenvalue weighted by molar-refractivity contribution is 7.86. The normalized spacial score (nSPS) is 20.1. The fraction of sp³-hybridized carbons (Fsp3) is 0.818. The number of carboxylic acid groups (broad SMARTS) is 1. The topological polar surface area (TPSA) is 92.7 Å². The summed E-state index contributed by atoms with van der Waals surface area (Å²) < 4.78 is 16.9. The largest absolute Gasteiger partial charge is 0.481 e. The minimum atomic E-state index is -1.44. The van der Waals surface area contributed by atoms with Crippen LogP contribution in [0.1, 0.15) is 26.2 Å². The number of rotatable bonds is 6. The van der Waals surface area contributed by atoms with Crippen LogP contribution in [0.3, 0.4) is 0 Å². The molecule has 0 spiro atoms. The second-order valence-electron chi connectivity index (χ2n) is 4.39. The highest BCUT2D eigenvalue weighted by Crippen LogP contribution is 2.07. The third kappa shape index (κ3) is 5.59. The Balaban J connectivity index is 2.30. The first kappa shape index (κ1) is 15.1. The van der Waals surface area contributed by atoms with Crippen LogP contribution >= 0.6 is 0 Å². The SMILES string of the molecule is CC(CC(=O)O)S(=O)CC(=O)NC1CCOCC1. The quantitative estimate of drug-likeness (QED) is 0.707. The zero-order chi connectivity index (χ0) is 13.5. The summed E-state index contributed by atoms with van der Waals surface area (Å²) in [5.41, 5.74) is 0. The molecule has 2 unspecified atom stereocenters. The van der Waals surface area contributed by atoms with E-state index in [2.05, 4.69) is 5.32 Å². The first-order valence-corrected chi connectivity index (χ1v) is 7.33. The Labute approximate surface area is 109 Å². The van der Waals surface area contributed by atoms with E-state index in [1.807, 2.05) is 0 Å². The Bertz CT molecular complexity index is 327. The van der Waals surface area contributed by atoms with Crippen molar-refractivity contribution in [2.75, 3.05) is 19.0 Å². The van der Waals surface area contributed by atoms with Gasteiger partial charge in [0.1, 0.15) is 5.75 Å². The lowest BCUT2D eigenvalue weighted by Gasteiger charge is -2.23. The Morgan fingerprint density at radius 3 is 2.61 bits per heavy atom. The minimum Gasteiger partial charge on any atom is -0.481 e. The van der Waals surface area contributed by atoms with Gasteiger partial charge in [0.15, 0.2) is 0 Å². The van der Waals surface area contributed by atoms with Crippen molar-refractivity contribution < 1.29 is 23.6 Å². The number of ether oxygens (including phenoxy) is 1. The molecule has 0 bridgehead atoms. The summed E-state index contributed by atoms with van der Waals surface area (Å²) in [4.78, 5) is 22.1. The zero-order valence-electron chi connectivity index (χ0n) is 10.4. The summed E-state index contributed by atoms with van der Waals surface area (Å²) in [6.45, 7) is 2.83. The first-order valence-electron chi connectivity index (χ1n) is 5.95. The fourth-order valence-corrected chi connectivity index (χ4v) is 2.68. The van der Waals surface area contributed by atoms with E-state index >= 15 is 0 Å². The molecule has 2 atom stereocenters. The van der Waals surface area contributed by atoms with Crippen LogP contribution in [0.2, 0.25) is 0 Å². The molecule has 18 heavy (non-hydrogen) atoms. The fourth-order valence-electron chi connectivity index (χ4n) is 1.72. The van der Waals surface area contributed by atoms with Gasteiger partial charge in [-0.2, -0.15) is 0 Å². The second-order valence-corrected chi connectivity index (χ2v) is 6.24.